The Morgan fingerprint density at radius 2 is 2.16 bits per heavy atom. The molecule has 0 amide bonds. The molecule has 0 spiro atoms. The van der Waals surface area contributed by atoms with E-state index in [0.29, 0.717) is 24.3 Å². The lowest BCUT2D eigenvalue weighted by Crippen LogP contribution is -2.51. The Morgan fingerprint density at radius 3 is 2.84 bits per heavy atom. The quantitative estimate of drug-likeness (QED) is 0.576. The molecular weight excluding hydrogens is 320 g/mol. The van der Waals surface area contributed by atoms with Crippen LogP contribution in [0.3, 0.4) is 0 Å². The molecule has 3 fully saturated rings. The third-order valence-corrected chi connectivity index (χ3v) is 5.96. The molecule has 0 aromatic carbocycles. The number of fused-ring (bicyclic) bond motifs is 3. The number of hydrogen-bond acceptors (Lipinski definition) is 5. The van der Waals surface area contributed by atoms with Crippen LogP contribution in [-0.4, -0.2) is 35.9 Å². The topological polar surface area (TPSA) is 61.8 Å². The summed E-state index contributed by atoms with van der Waals surface area (Å²) in [5.74, 6) is -0.152. The van der Waals surface area contributed by atoms with E-state index in [4.69, 9.17) is 14.2 Å². The van der Waals surface area contributed by atoms with E-state index in [1.807, 2.05) is 20.8 Å². The molecule has 25 heavy (non-hydrogen) atoms. The molecule has 3 aliphatic heterocycles. The lowest BCUT2D eigenvalue weighted by atomic mass is 9.80. The average Bonchev–Trinajstić information content (AvgIpc) is 2.64. The second-order valence-electron chi connectivity index (χ2n) is 8.58. The standard InChI is InChI=1S/C20H30O5/c1-11(2)9-16(21)23-18-17-14(13(4)19(22)24-17)10-15-12(3)7-6-8-20(18,5)25-15/h11-12,14-15,17-18H,4,6-10H2,1-3,5H3/t12-,14+,15+,17+,18-,20+/m0/s1. The van der Waals surface area contributed by atoms with Crippen LogP contribution in [0.25, 0.3) is 0 Å². The largest absolute Gasteiger partial charge is 0.455 e. The molecule has 5 nitrogen and oxygen atoms in total. The van der Waals surface area contributed by atoms with Crippen molar-refractivity contribution in [2.75, 3.05) is 0 Å². The van der Waals surface area contributed by atoms with Gasteiger partial charge in [-0.1, -0.05) is 33.8 Å². The summed E-state index contributed by atoms with van der Waals surface area (Å²) < 4.78 is 18.0. The van der Waals surface area contributed by atoms with E-state index in [1.165, 1.54) is 0 Å². The molecule has 0 N–H and O–H groups in total. The number of carbonyl (C=O) groups excluding carboxylic acids is 2. The molecule has 3 aliphatic rings. The fraction of sp³-hybridized carbons (Fsp3) is 0.800. The molecule has 3 rings (SSSR count). The van der Waals surface area contributed by atoms with Gasteiger partial charge in [0.05, 0.1) is 6.10 Å². The summed E-state index contributed by atoms with van der Waals surface area (Å²) >= 11 is 0. The summed E-state index contributed by atoms with van der Waals surface area (Å²) in [6.45, 7) is 12.1. The molecule has 0 aliphatic carbocycles. The highest BCUT2D eigenvalue weighted by atomic mass is 16.6. The molecule has 140 valence electrons. The highest BCUT2D eigenvalue weighted by Crippen LogP contribution is 2.47. The summed E-state index contributed by atoms with van der Waals surface area (Å²) in [5.41, 5.74) is -0.146. The molecule has 0 radical (unpaired) electrons. The normalized spacial score (nSPS) is 40.9. The van der Waals surface area contributed by atoms with Gasteiger partial charge in [0.1, 0.15) is 11.7 Å². The first kappa shape index (κ1) is 18.4. The Morgan fingerprint density at radius 1 is 1.44 bits per heavy atom. The zero-order chi connectivity index (χ0) is 18.4. The summed E-state index contributed by atoms with van der Waals surface area (Å²) in [7, 11) is 0. The number of ether oxygens (including phenoxy) is 3. The Hall–Kier alpha value is -1.36. The summed E-state index contributed by atoms with van der Waals surface area (Å²) in [5, 5.41) is 0. The Kier molecular flexibility index (Phi) is 4.97. The summed E-state index contributed by atoms with van der Waals surface area (Å²) in [6.07, 6.45) is 2.88. The van der Waals surface area contributed by atoms with Gasteiger partial charge in [-0.05, 0) is 38.0 Å². The molecule has 3 saturated heterocycles. The van der Waals surface area contributed by atoms with Gasteiger partial charge in [-0.2, -0.15) is 0 Å². The van der Waals surface area contributed by atoms with E-state index >= 15 is 0 Å². The third kappa shape index (κ3) is 3.48. The second-order valence-corrected chi connectivity index (χ2v) is 8.58. The molecule has 3 heterocycles. The Labute approximate surface area is 150 Å². The van der Waals surface area contributed by atoms with Gasteiger partial charge in [-0.3, -0.25) is 4.79 Å². The van der Waals surface area contributed by atoms with E-state index in [0.717, 1.165) is 19.3 Å². The van der Waals surface area contributed by atoms with Gasteiger partial charge < -0.3 is 14.2 Å². The summed E-state index contributed by atoms with van der Waals surface area (Å²) in [6, 6.07) is 0. The first-order valence-corrected chi connectivity index (χ1v) is 9.48. The van der Waals surface area contributed by atoms with Crippen LogP contribution < -0.4 is 0 Å². The summed E-state index contributed by atoms with van der Waals surface area (Å²) in [4.78, 5) is 24.5. The van der Waals surface area contributed by atoms with Gasteiger partial charge in [0.25, 0.3) is 0 Å². The predicted molar refractivity (Wildman–Crippen MR) is 92.8 cm³/mol. The van der Waals surface area contributed by atoms with Crippen molar-refractivity contribution in [1.29, 1.82) is 0 Å². The third-order valence-electron chi connectivity index (χ3n) is 5.96. The number of rotatable bonds is 3. The van der Waals surface area contributed by atoms with Crippen molar-refractivity contribution in [3.05, 3.63) is 12.2 Å². The van der Waals surface area contributed by atoms with Crippen LogP contribution in [0.5, 0.6) is 0 Å². The SMILES string of the molecule is C=C1C(=O)O[C@@H]2[C@@H]1C[C@H]1O[C@](C)(CCC[C@@H]1C)[C@H]2OC(=O)CC(C)C. The van der Waals surface area contributed by atoms with Crippen molar-refractivity contribution in [3.63, 3.8) is 0 Å². The molecule has 0 aromatic heterocycles. The number of esters is 2. The maximum atomic E-state index is 12.4. The van der Waals surface area contributed by atoms with Crippen LogP contribution in [-0.2, 0) is 23.8 Å². The molecular formula is C20H30O5. The van der Waals surface area contributed by atoms with Crippen LogP contribution in [0.15, 0.2) is 12.2 Å². The van der Waals surface area contributed by atoms with E-state index < -0.39 is 17.8 Å². The number of carbonyl (C=O) groups is 2. The Balaban J connectivity index is 1.94. The van der Waals surface area contributed by atoms with Gasteiger partial charge >= 0.3 is 11.9 Å². The molecule has 2 bridgehead atoms. The maximum absolute atomic E-state index is 12.4. The van der Waals surface area contributed by atoms with Gasteiger partial charge in [-0.25, -0.2) is 4.79 Å². The smallest absolute Gasteiger partial charge is 0.334 e. The van der Waals surface area contributed by atoms with Crippen LogP contribution >= 0.6 is 0 Å². The minimum atomic E-state index is -0.633. The van der Waals surface area contributed by atoms with Gasteiger partial charge in [-0.15, -0.1) is 0 Å². The molecule has 0 unspecified atom stereocenters. The highest BCUT2D eigenvalue weighted by molar-refractivity contribution is 5.91. The maximum Gasteiger partial charge on any atom is 0.334 e. The van der Waals surface area contributed by atoms with Crippen LogP contribution in [0, 0.1) is 17.8 Å². The lowest BCUT2D eigenvalue weighted by Gasteiger charge is -2.38. The average molecular weight is 350 g/mol. The van der Waals surface area contributed by atoms with Gasteiger partial charge in [0, 0.05) is 17.9 Å². The van der Waals surface area contributed by atoms with E-state index in [2.05, 4.69) is 13.5 Å². The Bertz CT molecular complexity index is 568. The first-order chi connectivity index (χ1) is 11.7. The van der Waals surface area contributed by atoms with Crippen molar-refractivity contribution < 1.29 is 23.8 Å². The molecule has 5 heteroatoms. The van der Waals surface area contributed by atoms with Crippen LogP contribution in [0.4, 0.5) is 0 Å². The van der Waals surface area contributed by atoms with E-state index in [-0.39, 0.29) is 29.9 Å². The van der Waals surface area contributed by atoms with Crippen molar-refractivity contribution in [3.8, 4) is 0 Å². The fourth-order valence-corrected chi connectivity index (χ4v) is 4.46. The zero-order valence-corrected chi connectivity index (χ0v) is 15.7. The second kappa shape index (κ2) is 6.75. The van der Waals surface area contributed by atoms with Gasteiger partial charge in [0.15, 0.2) is 6.10 Å². The van der Waals surface area contributed by atoms with E-state index in [9.17, 15) is 9.59 Å². The minimum absolute atomic E-state index is 0.0278. The predicted octanol–water partition coefficient (Wildman–Crippen LogP) is 3.41. The highest BCUT2D eigenvalue weighted by Gasteiger charge is 2.57. The van der Waals surface area contributed by atoms with Crippen molar-refractivity contribution in [2.24, 2.45) is 17.8 Å². The molecule has 0 saturated carbocycles. The molecule has 0 aromatic rings. The van der Waals surface area contributed by atoms with Crippen molar-refractivity contribution in [1.82, 2.24) is 0 Å². The van der Waals surface area contributed by atoms with Gasteiger partial charge in [0.2, 0.25) is 0 Å². The van der Waals surface area contributed by atoms with Crippen LogP contribution in [0.1, 0.15) is 59.8 Å². The van der Waals surface area contributed by atoms with E-state index in [1.54, 1.807) is 0 Å². The van der Waals surface area contributed by atoms with Crippen molar-refractivity contribution >= 4 is 11.9 Å². The number of hydrogen-bond donors (Lipinski definition) is 0. The molecule has 6 atom stereocenters. The zero-order valence-electron chi connectivity index (χ0n) is 15.7. The lowest BCUT2D eigenvalue weighted by molar-refractivity contribution is -0.198. The fourth-order valence-electron chi connectivity index (χ4n) is 4.46. The minimum Gasteiger partial charge on any atom is -0.455 e. The van der Waals surface area contributed by atoms with Crippen molar-refractivity contribution in [2.45, 2.75) is 83.7 Å². The first-order valence-electron chi connectivity index (χ1n) is 9.48. The van der Waals surface area contributed by atoms with Crippen LogP contribution in [0.2, 0.25) is 0 Å². The monoisotopic (exact) mass is 350 g/mol.